The largest absolute Gasteiger partial charge is 0.478 e. The number of carbonyl (C=O) groups is 1. The number of pyridine rings is 1. The Labute approximate surface area is 231 Å². The molecule has 2 aliphatic heterocycles. The van der Waals surface area contributed by atoms with Gasteiger partial charge in [-0.25, -0.2) is 19.2 Å². The van der Waals surface area contributed by atoms with Gasteiger partial charge in [-0.15, -0.1) is 0 Å². The molecular formula is C30H30FN5O4. The minimum absolute atomic E-state index is 0.0398. The van der Waals surface area contributed by atoms with Crippen LogP contribution in [0.4, 0.5) is 4.39 Å². The van der Waals surface area contributed by atoms with E-state index in [1.165, 1.54) is 6.07 Å². The van der Waals surface area contributed by atoms with E-state index in [1.54, 1.807) is 24.3 Å². The van der Waals surface area contributed by atoms with Gasteiger partial charge in [0, 0.05) is 47.5 Å². The van der Waals surface area contributed by atoms with E-state index in [-0.39, 0.29) is 18.3 Å². The van der Waals surface area contributed by atoms with E-state index in [9.17, 15) is 14.3 Å². The lowest BCUT2D eigenvalue weighted by Gasteiger charge is -2.32. The highest BCUT2D eigenvalue weighted by Gasteiger charge is 2.30. The van der Waals surface area contributed by atoms with Crippen molar-refractivity contribution in [1.82, 2.24) is 19.4 Å². The Hall–Kier alpha value is -4.07. The number of nitriles is 1. The number of hydrogen-bond acceptors (Lipinski definition) is 7. The van der Waals surface area contributed by atoms with Gasteiger partial charge in [0.1, 0.15) is 18.2 Å². The summed E-state index contributed by atoms with van der Waals surface area (Å²) in [4.78, 5) is 23.4. The fourth-order valence-electron chi connectivity index (χ4n) is 5.57. The molecule has 3 aliphatic rings. The fraction of sp³-hybridized carbons (Fsp3) is 0.400. The number of benzene rings is 1. The highest BCUT2D eigenvalue weighted by Crippen LogP contribution is 2.31. The summed E-state index contributed by atoms with van der Waals surface area (Å²) in [5.74, 6) is 0.348. The number of carboxylic acids is 1. The second-order valence-electron chi connectivity index (χ2n) is 10.6. The Morgan fingerprint density at radius 2 is 2.02 bits per heavy atom. The van der Waals surface area contributed by atoms with Crippen LogP contribution < -0.4 is 4.74 Å². The van der Waals surface area contributed by atoms with Crippen molar-refractivity contribution in [2.75, 3.05) is 19.7 Å². The molecule has 4 heterocycles. The summed E-state index contributed by atoms with van der Waals surface area (Å²) in [6, 6.07) is 12.0. The first-order valence-corrected chi connectivity index (χ1v) is 13.6. The van der Waals surface area contributed by atoms with Crippen molar-refractivity contribution < 1.29 is 23.8 Å². The number of rotatable bonds is 9. The van der Waals surface area contributed by atoms with Crippen molar-refractivity contribution in [1.29, 1.82) is 5.26 Å². The summed E-state index contributed by atoms with van der Waals surface area (Å²) in [6.45, 7) is 4.00. The van der Waals surface area contributed by atoms with Crippen molar-refractivity contribution in [3.63, 3.8) is 0 Å². The van der Waals surface area contributed by atoms with Crippen molar-refractivity contribution >= 4 is 12.0 Å². The summed E-state index contributed by atoms with van der Waals surface area (Å²) < 4.78 is 27.8. The molecule has 3 aromatic rings. The third-order valence-electron chi connectivity index (χ3n) is 7.98. The number of aromatic nitrogens is 3. The van der Waals surface area contributed by atoms with Gasteiger partial charge in [0.25, 0.3) is 0 Å². The predicted octanol–water partition coefficient (Wildman–Crippen LogP) is 4.06. The zero-order valence-electron chi connectivity index (χ0n) is 22.1. The molecule has 0 bridgehead atoms. The number of ether oxygens (including phenoxy) is 2. The summed E-state index contributed by atoms with van der Waals surface area (Å²) in [5.41, 5.74) is 3.74. The molecule has 1 aliphatic carbocycles. The van der Waals surface area contributed by atoms with E-state index in [2.05, 4.69) is 9.47 Å². The molecule has 2 saturated heterocycles. The first-order valence-electron chi connectivity index (χ1n) is 13.6. The molecule has 1 atom stereocenters. The van der Waals surface area contributed by atoms with Gasteiger partial charge in [0.15, 0.2) is 0 Å². The lowest BCUT2D eigenvalue weighted by atomic mass is 9.93. The summed E-state index contributed by atoms with van der Waals surface area (Å²) >= 11 is 0. The molecule has 1 N–H and O–H groups in total. The van der Waals surface area contributed by atoms with Gasteiger partial charge in [0.05, 0.1) is 36.5 Å². The molecule has 0 amide bonds. The molecule has 10 heteroatoms. The number of likely N-dealkylation sites (tertiary alicyclic amines) is 1. The Morgan fingerprint density at radius 1 is 1.20 bits per heavy atom. The number of hydrogen-bond donors (Lipinski definition) is 1. The average molecular weight is 544 g/mol. The first-order chi connectivity index (χ1) is 19.5. The molecule has 2 fully saturated rings. The molecule has 0 spiro atoms. The summed E-state index contributed by atoms with van der Waals surface area (Å²) in [6.07, 6.45) is 5.14. The molecular weight excluding hydrogens is 513 g/mol. The van der Waals surface area contributed by atoms with E-state index in [0.717, 1.165) is 61.9 Å². The number of halogens is 1. The second-order valence-corrected chi connectivity index (χ2v) is 10.6. The molecule has 2 aromatic heterocycles. The van der Waals surface area contributed by atoms with Gasteiger partial charge >= 0.3 is 5.97 Å². The Balaban J connectivity index is 1.07. The van der Waals surface area contributed by atoms with Crippen LogP contribution in [-0.4, -0.2) is 56.3 Å². The zero-order valence-corrected chi connectivity index (χ0v) is 22.1. The van der Waals surface area contributed by atoms with Gasteiger partial charge in [-0.2, -0.15) is 5.26 Å². The SMILES string of the molecule is N#Cc1ccc(COc2cccc(C3CCN(Cc4nc5c(n4CC4CCO4)CC(C(=O)O)=C5)CC3)n2)c(F)c1. The van der Waals surface area contributed by atoms with Crippen molar-refractivity contribution in [2.24, 2.45) is 0 Å². The lowest BCUT2D eigenvalue weighted by Crippen LogP contribution is -2.36. The van der Waals surface area contributed by atoms with E-state index in [4.69, 9.17) is 24.7 Å². The maximum atomic E-state index is 14.2. The molecule has 40 heavy (non-hydrogen) atoms. The molecule has 6 rings (SSSR count). The highest BCUT2D eigenvalue weighted by molar-refractivity contribution is 5.94. The molecule has 0 saturated carbocycles. The highest BCUT2D eigenvalue weighted by atomic mass is 19.1. The van der Waals surface area contributed by atoms with Gasteiger partial charge in [-0.1, -0.05) is 12.1 Å². The van der Waals surface area contributed by atoms with E-state index in [1.807, 2.05) is 18.2 Å². The number of nitrogens with zero attached hydrogens (tertiary/aromatic N) is 5. The van der Waals surface area contributed by atoms with E-state index in [0.29, 0.717) is 42.4 Å². The Morgan fingerprint density at radius 3 is 2.73 bits per heavy atom. The summed E-state index contributed by atoms with van der Waals surface area (Å²) in [7, 11) is 0. The van der Waals surface area contributed by atoms with Crippen molar-refractivity contribution in [2.45, 2.75) is 57.4 Å². The monoisotopic (exact) mass is 543 g/mol. The van der Waals surface area contributed by atoms with Crippen LogP contribution in [0.25, 0.3) is 6.08 Å². The van der Waals surface area contributed by atoms with Gasteiger partial charge in [0.2, 0.25) is 5.88 Å². The van der Waals surface area contributed by atoms with E-state index >= 15 is 0 Å². The predicted molar refractivity (Wildman–Crippen MR) is 143 cm³/mol. The molecule has 0 radical (unpaired) electrons. The van der Waals surface area contributed by atoms with Gasteiger partial charge < -0.3 is 19.1 Å². The maximum absolute atomic E-state index is 14.2. The minimum atomic E-state index is -0.891. The maximum Gasteiger partial charge on any atom is 0.332 e. The van der Waals surface area contributed by atoms with Crippen molar-refractivity contribution in [3.05, 3.63) is 81.8 Å². The van der Waals surface area contributed by atoms with Crippen LogP contribution in [0, 0.1) is 17.1 Å². The Bertz CT molecular complexity index is 1500. The third-order valence-corrected chi connectivity index (χ3v) is 7.98. The van der Waals surface area contributed by atoms with Crippen LogP contribution >= 0.6 is 0 Å². The van der Waals surface area contributed by atoms with E-state index < -0.39 is 11.8 Å². The topological polar surface area (TPSA) is 114 Å². The second kappa shape index (κ2) is 11.2. The molecule has 206 valence electrons. The van der Waals surface area contributed by atoms with Gasteiger partial charge in [-0.05, 0) is 56.6 Å². The summed E-state index contributed by atoms with van der Waals surface area (Å²) in [5, 5.41) is 18.4. The van der Waals surface area contributed by atoms with Crippen LogP contribution in [0.3, 0.4) is 0 Å². The standard InChI is InChI=1S/C30H30FN5O4/c31-24-12-19(15-32)4-5-21(24)18-40-29-3-1-2-25(34-29)20-6-9-35(10-7-20)17-28-33-26-13-22(30(37)38)14-27(26)36(28)16-23-8-11-39-23/h1-5,12-13,20,23H,6-11,14,16-18H2,(H,37,38). The molecule has 1 aromatic carbocycles. The first kappa shape index (κ1) is 26.2. The van der Waals surface area contributed by atoms with Crippen molar-refractivity contribution in [3.8, 4) is 11.9 Å². The number of piperidine rings is 1. The number of aliphatic carboxylic acids is 1. The normalized spacial score (nSPS) is 19.0. The number of imidazole rings is 1. The quantitative estimate of drug-likeness (QED) is 0.430. The average Bonchev–Trinajstić information content (AvgIpc) is 3.49. The third kappa shape index (κ3) is 5.48. The minimum Gasteiger partial charge on any atom is -0.478 e. The number of fused-ring (bicyclic) bond motifs is 1. The molecule has 9 nitrogen and oxygen atoms in total. The van der Waals surface area contributed by atoms with Crippen LogP contribution in [0.15, 0.2) is 42.0 Å². The lowest BCUT2D eigenvalue weighted by molar-refractivity contribution is -0.132. The van der Waals surface area contributed by atoms with Crippen LogP contribution in [-0.2, 0) is 35.6 Å². The molecule has 1 unspecified atom stereocenters. The van der Waals surface area contributed by atoms with Crippen LogP contribution in [0.2, 0.25) is 0 Å². The zero-order chi connectivity index (χ0) is 27.6. The van der Waals surface area contributed by atoms with Crippen LogP contribution in [0.1, 0.15) is 59.2 Å². The number of carboxylic acid groups (broad SMARTS) is 1. The van der Waals surface area contributed by atoms with Crippen LogP contribution in [0.5, 0.6) is 5.88 Å². The van der Waals surface area contributed by atoms with Gasteiger partial charge in [-0.3, -0.25) is 4.90 Å². The smallest absolute Gasteiger partial charge is 0.332 e. The fourth-order valence-corrected chi connectivity index (χ4v) is 5.57. The Kier molecular flexibility index (Phi) is 7.32.